The number of aryl methyl sites for hydroxylation is 2. The quantitative estimate of drug-likeness (QED) is 0.382. The fourth-order valence-corrected chi connectivity index (χ4v) is 5.65. The van der Waals surface area contributed by atoms with Gasteiger partial charge in [-0.1, -0.05) is 6.07 Å². The molecule has 1 amide bonds. The maximum absolute atomic E-state index is 14.0. The number of benzene rings is 2. The molecule has 2 aromatic carbocycles. The highest BCUT2D eigenvalue weighted by atomic mass is 19.2. The van der Waals surface area contributed by atoms with Gasteiger partial charge < -0.3 is 4.90 Å². The Balaban J connectivity index is 1.44. The number of carbonyl (C=O) groups excluding carboxylic acids is 1. The molecule has 2 atom stereocenters. The summed E-state index contributed by atoms with van der Waals surface area (Å²) in [6, 6.07) is 9.37. The summed E-state index contributed by atoms with van der Waals surface area (Å²) < 4.78 is 43.1. The second-order valence-corrected chi connectivity index (χ2v) is 9.14. The van der Waals surface area contributed by atoms with Crippen molar-refractivity contribution in [2.24, 2.45) is 7.05 Å². The maximum atomic E-state index is 14.0. The number of fused-ring (bicyclic) bond motifs is 5. The molecule has 172 valence electrons. The van der Waals surface area contributed by atoms with E-state index in [0.717, 1.165) is 47.2 Å². The number of hydrogen-bond donors (Lipinski definition) is 0. The van der Waals surface area contributed by atoms with Crippen molar-refractivity contribution in [3.05, 3.63) is 82.4 Å². The Morgan fingerprint density at radius 2 is 1.85 bits per heavy atom. The van der Waals surface area contributed by atoms with Crippen LogP contribution < -0.4 is 0 Å². The Bertz CT molecular complexity index is 1470. The minimum absolute atomic E-state index is 0.0673. The van der Waals surface area contributed by atoms with E-state index in [1.165, 1.54) is 0 Å². The lowest BCUT2D eigenvalue weighted by molar-refractivity contribution is 0.0644. The standard InChI is InChI=1S/C26H21F3N4O/c1-13-8-14-4-3-7-30-23(14)18(9-13)26(34)33-16-5-6-21(33)24-17(12-16)25(32(2)31-24)15-10-19(27)22(29)20(28)11-15/h3-4,7-11,16,21H,5-6,12H2,1-2H3/t16-,21+/m1/s1. The van der Waals surface area contributed by atoms with Crippen LogP contribution in [0.2, 0.25) is 0 Å². The van der Waals surface area contributed by atoms with Crippen molar-refractivity contribution in [2.45, 2.75) is 38.3 Å². The van der Waals surface area contributed by atoms with Crippen LogP contribution in [-0.2, 0) is 13.5 Å². The van der Waals surface area contributed by atoms with Gasteiger partial charge >= 0.3 is 0 Å². The molecule has 1 saturated heterocycles. The summed E-state index contributed by atoms with van der Waals surface area (Å²) in [6.45, 7) is 1.96. The molecule has 0 aliphatic carbocycles. The molecule has 5 nitrogen and oxygen atoms in total. The maximum Gasteiger partial charge on any atom is 0.256 e. The smallest absolute Gasteiger partial charge is 0.256 e. The van der Waals surface area contributed by atoms with Crippen LogP contribution in [0.25, 0.3) is 22.2 Å². The molecule has 6 rings (SSSR count). The van der Waals surface area contributed by atoms with E-state index in [4.69, 9.17) is 0 Å². The first-order valence-electron chi connectivity index (χ1n) is 11.2. The van der Waals surface area contributed by atoms with E-state index >= 15 is 0 Å². The van der Waals surface area contributed by atoms with Crippen molar-refractivity contribution in [1.29, 1.82) is 0 Å². The van der Waals surface area contributed by atoms with Gasteiger partial charge in [0.05, 0.1) is 28.5 Å². The van der Waals surface area contributed by atoms with E-state index < -0.39 is 17.5 Å². The first-order valence-corrected chi connectivity index (χ1v) is 11.2. The molecule has 4 aromatic rings. The Hall–Kier alpha value is -3.68. The average molecular weight is 462 g/mol. The summed E-state index contributed by atoms with van der Waals surface area (Å²) in [4.78, 5) is 20.2. The number of amides is 1. The van der Waals surface area contributed by atoms with Crippen LogP contribution >= 0.6 is 0 Å². The predicted octanol–water partition coefficient (Wildman–Crippen LogP) is 5.26. The normalized spacial score (nSPS) is 19.0. The van der Waals surface area contributed by atoms with Gasteiger partial charge in [-0.3, -0.25) is 14.5 Å². The van der Waals surface area contributed by atoms with Crippen molar-refractivity contribution >= 4 is 16.8 Å². The van der Waals surface area contributed by atoms with E-state index in [1.807, 2.05) is 36.1 Å². The minimum Gasteiger partial charge on any atom is -0.327 e. The van der Waals surface area contributed by atoms with Crippen LogP contribution in [-0.4, -0.2) is 31.6 Å². The van der Waals surface area contributed by atoms with Gasteiger partial charge in [-0.15, -0.1) is 0 Å². The van der Waals surface area contributed by atoms with Gasteiger partial charge in [0, 0.05) is 35.8 Å². The van der Waals surface area contributed by atoms with Crippen molar-refractivity contribution < 1.29 is 18.0 Å². The van der Waals surface area contributed by atoms with Gasteiger partial charge in [0.2, 0.25) is 0 Å². The molecule has 0 radical (unpaired) electrons. The summed E-state index contributed by atoms with van der Waals surface area (Å²) in [5, 5.41) is 5.58. The minimum atomic E-state index is -1.49. The van der Waals surface area contributed by atoms with Gasteiger partial charge in [0.1, 0.15) is 0 Å². The number of rotatable bonds is 2. The third-order valence-electron chi connectivity index (χ3n) is 7.01. The van der Waals surface area contributed by atoms with Crippen LogP contribution in [0.5, 0.6) is 0 Å². The molecule has 0 saturated carbocycles. The summed E-state index contributed by atoms with van der Waals surface area (Å²) in [6.07, 6.45) is 3.75. The monoisotopic (exact) mass is 462 g/mol. The van der Waals surface area contributed by atoms with Gasteiger partial charge in [-0.25, -0.2) is 13.2 Å². The van der Waals surface area contributed by atoms with Crippen molar-refractivity contribution in [3.63, 3.8) is 0 Å². The molecule has 0 spiro atoms. The van der Waals surface area contributed by atoms with Crippen LogP contribution in [0, 0.1) is 24.4 Å². The van der Waals surface area contributed by atoms with Gasteiger partial charge in [-0.2, -0.15) is 5.10 Å². The average Bonchev–Trinajstić information content (AvgIpc) is 3.32. The third-order valence-corrected chi connectivity index (χ3v) is 7.01. The number of carbonyl (C=O) groups is 1. The molecule has 8 heteroatoms. The lowest BCUT2D eigenvalue weighted by Gasteiger charge is -2.34. The highest BCUT2D eigenvalue weighted by molar-refractivity contribution is 6.06. The summed E-state index contributed by atoms with van der Waals surface area (Å²) in [5.41, 5.74) is 4.60. The molecule has 1 fully saturated rings. The number of aromatic nitrogens is 3. The van der Waals surface area contributed by atoms with Crippen molar-refractivity contribution in [3.8, 4) is 11.3 Å². The highest BCUT2D eigenvalue weighted by Gasteiger charge is 2.46. The van der Waals surface area contributed by atoms with Gasteiger partial charge in [0.25, 0.3) is 5.91 Å². The SMILES string of the molecule is Cc1cc(C(=O)N2[C@@H]3CC[C@H]2c2nn(C)c(-c4cc(F)c(F)c(F)c4)c2C3)c2ncccc2c1. The Kier molecular flexibility index (Phi) is 4.56. The Morgan fingerprint density at radius 3 is 2.62 bits per heavy atom. The zero-order chi connectivity index (χ0) is 23.7. The fraction of sp³-hybridized carbons (Fsp3) is 0.269. The Morgan fingerprint density at radius 1 is 1.09 bits per heavy atom. The molecule has 0 unspecified atom stereocenters. The van der Waals surface area contributed by atoms with E-state index in [1.54, 1.807) is 17.9 Å². The van der Waals surface area contributed by atoms with Crippen molar-refractivity contribution in [2.75, 3.05) is 0 Å². The van der Waals surface area contributed by atoms with Crippen molar-refractivity contribution in [1.82, 2.24) is 19.7 Å². The largest absolute Gasteiger partial charge is 0.327 e. The first-order chi connectivity index (χ1) is 16.3. The number of halogens is 3. The third kappa shape index (κ3) is 2.97. The van der Waals surface area contributed by atoms with Crippen LogP contribution in [0.4, 0.5) is 13.2 Å². The molecular weight excluding hydrogens is 441 g/mol. The zero-order valence-corrected chi connectivity index (χ0v) is 18.6. The second-order valence-electron chi connectivity index (χ2n) is 9.14. The number of nitrogens with zero attached hydrogens (tertiary/aromatic N) is 4. The fourth-order valence-electron chi connectivity index (χ4n) is 5.65. The highest BCUT2D eigenvalue weighted by Crippen LogP contribution is 2.47. The van der Waals surface area contributed by atoms with E-state index in [9.17, 15) is 18.0 Å². The zero-order valence-electron chi connectivity index (χ0n) is 18.6. The molecule has 34 heavy (non-hydrogen) atoms. The van der Waals surface area contributed by atoms with E-state index in [0.29, 0.717) is 23.2 Å². The summed E-state index contributed by atoms with van der Waals surface area (Å²) in [5.74, 6) is -4.05. The van der Waals surface area contributed by atoms with Crippen LogP contribution in [0.15, 0.2) is 42.6 Å². The second kappa shape index (κ2) is 7.41. The number of hydrogen-bond acceptors (Lipinski definition) is 3. The Labute approximate surface area is 193 Å². The molecule has 0 N–H and O–H groups in total. The molecule has 2 aliphatic rings. The molecule has 2 aliphatic heterocycles. The van der Waals surface area contributed by atoms with Crippen LogP contribution in [0.3, 0.4) is 0 Å². The lowest BCUT2D eigenvalue weighted by Crippen LogP contribution is -2.42. The van der Waals surface area contributed by atoms with Crippen LogP contribution in [0.1, 0.15) is 46.1 Å². The lowest BCUT2D eigenvalue weighted by atomic mass is 9.93. The summed E-state index contributed by atoms with van der Waals surface area (Å²) in [7, 11) is 1.70. The topological polar surface area (TPSA) is 51.0 Å². The molecule has 4 heterocycles. The molecule has 2 bridgehead atoms. The van der Waals surface area contributed by atoms with E-state index in [2.05, 4.69) is 10.1 Å². The van der Waals surface area contributed by atoms with E-state index in [-0.39, 0.29) is 23.6 Å². The first kappa shape index (κ1) is 20.9. The van der Waals surface area contributed by atoms with Gasteiger partial charge in [0.15, 0.2) is 17.5 Å². The molecular formula is C26H21F3N4O. The molecule has 2 aromatic heterocycles. The van der Waals surface area contributed by atoms with Gasteiger partial charge in [-0.05, 0) is 62.1 Å². The number of pyridine rings is 1. The summed E-state index contributed by atoms with van der Waals surface area (Å²) >= 11 is 0. The predicted molar refractivity (Wildman–Crippen MR) is 121 cm³/mol.